The van der Waals surface area contributed by atoms with E-state index in [0.717, 1.165) is 76.4 Å². The molecule has 1 aliphatic carbocycles. The molecular formula is C25H38FN5O. The van der Waals surface area contributed by atoms with Gasteiger partial charge in [0, 0.05) is 50.7 Å². The molecule has 2 aliphatic heterocycles. The van der Waals surface area contributed by atoms with Crippen LogP contribution in [0.25, 0.3) is 0 Å². The minimum Gasteiger partial charge on any atom is -0.356 e. The number of hydrogen-bond acceptors (Lipinski definition) is 3. The first kappa shape index (κ1) is 23.0. The van der Waals surface area contributed by atoms with E-state index >= 15 is 0 Å². The number of carbonyl (C=O) groups excluding carboxylic acids is 1. The van der Waals surface area contributed by atoms with E-state index in [1.165, 1.54) is 12.8 Å². The third kappa shape index (κ3) is 6.00. The number of piperidine rings is 1. The highest BCUT2D eigenvalue weighted by atomic mass is 19.1. The van der Waals surface area contributed by atoms with E-state index in [2.05, 4.69) is 20.5 Å². The van der Waals surface area contributed by atoms with Crippen LogP contribution in [0.4, 0.5) is 4.39 Å². The third-order valence-corrected chi connectivity index (χ3v) is 7.39. The second-order valence-corrected chi connectivity index (χ2v) is 9.66. The Morgan fingerprint density at radius 2 is 1.84 bits per heavy atom. The number of nitrogens with zero attached hydrogens (tertiary/aromatic N) is 3. The second-order valence-electron chi connectivity index (χ2n) is 9.66. The molecule has 1 unspecified atom stereocenters. The molecule has 3 fully saturated rings. The number of rotatable bonds is 6. The van der Waals surface area contributed by atoms with Gasteiger partial charge in [-0.3, -0.25) is 14.7 Å². The summed E-state index contributed by atoms with van der Waals surface area (Å²) in [5.41, 5.74) is 0.783. The summed E-state index contributed by atoms with van der Waals surface area (Å²) in [5, 5.41) is 7.02. The van der Waals surface area contributed by atoms with E-state index in [1.807, 2.05) is 24.1 Å². The maximum atomic E-state index is 13.9. The van der Waals surface area contributed by atoms with Gasteiger partial charge in [-0.2, -0.15) is 0 Å². The fraction of sp³-hybridized carbons (Fsp3) is 0.680. The molecule has 2 N–H and O–H groups in total. The highest BCUT2D eigenvalue weighted by Crippen LogP contribution is 2.28. The van der Waals surface area contributed by atoms with Crippen molar-refractivity contribution in [2.45, 2.75) is 57.5 Å². The van der Waals surface area contributed by atoms with E-state index in [0.29, 0.717) is 18.4 Å². The predicted octanol–water partition coefficient (Wildman–Crippen LogP) is 2.99. The number of carbonyl (C=O) groups is 1. The van der Waals surface area contributed by atoms with Gasteiger partial charge in [0.1, 0.15) is 5.82 Å². The minimum atomic E-state index is -0.110. The first-order valence-corrected chi connectivity index (χ1v) is 12.3. The zero-order chi connectivity index (χ0) is 22.3. The monoisotopic (exact) mass is 443 g/mol. The molecule has 1 saturated carbocycles. The summed E-state index contributed by atoms with van der Waals surface area (Å²) in [6.45, 7) is 5.20. The molecule has 0 bridgehead atoms. The fourth-order valence-corrected chi connectivity index (χ4v) is 5.35. The number of likely N-dealkylation sites (tertiary alicyclic amines) is 2. The Hall–Kier alpha value is -2.15. The zero-order valence-corrected chi connectivity index (χ0v) is 19.4. The van der Waals surface area contributed by atoms with Crippen LogP contribution in [0.2, 0.25) is 0 Å². The van der Waals surface area contributed by atoms with Gasteiger partial charge in [0.05, 0.1) is 0 Å². The van der Waals surface area contributed by atoms with Crippen molar-refractivity contribution in [3.05, 3.63) is 35.6 Å². The van der Waals surface area contributed by atoms with Crippen LogP contribution in [-0.4, -0.2) is 67.5 Å². The molecule has 1 aromatic rings. The average Bonchev–Trinajstić information content (AvgIpc) is 3.51. The van der Waals surface area contributed by atoms with Gasteiger partial charge in [-0.1, -0.05) is 31.0 Å². The standard InChI is InChI=1S/C25H38FN5O/c1-27-25(29-22-12-15-31(18-22)24(32)20-6-2-3-7-20)28-16-19-10-13-30(14-11-19)17-21-8-4-5-9-23(21)26/h4-5,8-9,19-20,22H,2-3,6-7,10-18H2,1H3,(H2,27,28,29). The van der Waals surface area contributed by atoms with E-state index in [1.54, 1.807) is 12.1 Å². The molecule has 7 heteroatoms. The highest BCUT2D eigenvalue weighted by molar-refractivity contribution is 5.81. The number of nitrogens with one attached hydrogen (secondary N) is 2. The molecule has 2 saturated heterocycles. The van der Waals surface area contributed by atoms with Crippen LogP contribution < -0.4 is 10.6 Å². The van der Waals surface area contributed by atoms with Gasteiger partial charge < -0.3 is 15.5 Å². The molecule has 6 nitrogen and oxygen atoms in total. The smallest absolute Gasteiger partial charge is 0.225 e. The molecule has 1 atom stereocenters. The van der Waals surface area contributed by atoms with Crippen LogP contribution in [0.3, 0.4) is 0 Å². The van der Waals surface area contributed by atoms with Crippen molar-refractivity contribution in [3.8, 4) is 0 Å². The molecule has 176 valence electrons. The summed E-state index contributed by atoms with van der Waals surface area (Å²) < 4.78 is 13.9. The van der Waals surface area contributed by atoms with Crippen molar-refractivity contribution < 1.29 is 9.18 Å². The van der Waals surface area contributed by atoms with Crippen LogP contribution in [0.1, 0.15) is 50.5 Å². The Morgan fingerprint density at radius 1 is 1.09 bits per heavy atom. The second kappa shape index (κ2) is 11.1. The lowest BCUT2D eigenvalue weighted by Gasteiger charge is -2.32. The number of halogens is 1. The van der Waals surface area contributed by atoms with Gasteiger partial charge in [0.25, 0.3) is 0 Å². The normalized spacial score (nSPS) is 23.6. The Kier molecular flexibility index (Phi) is 8.00. The molecule has 3 aliphatic rings. The number of hydrogen-bond donors (Lipinski definition) is 2. The first-order chi connectivity index (χ1) is 15.6. The maximum Gasteiger partial charge on any atom is 0.225 e. The quantitative estimate of drug-likeness (QED) is 0.524. The SMILES string of the molecule is CN=C(NCC1CCN(Cc2ccccc2F)CC1)NC1CCN(C(=O)C2CCCC2)C1. The van der Waals surface area contributed by atoms with Gasteiger partial charge in [0.15, 0.2) is 5.96 Å². The molecule has 1 amide bonds. The summed E-state index contributed by atoms with van der Waals surface area (Å²) in [4.78, 5) is 21.5. The van der Waals surface area contributed by atoms with E-state index < -0.39 is 0 Å². The Bertz CT molecular complexity index is 786. The number of guanidine groups is 1. The van der Waals surface area contributed by atoms with Crippen LogP contribution in [0.15, 0.2) is 29.3 Å². The zero-order valence-electron chi connectivity index (χ0n) is 19.4. The largest absolute Gasteiger partial charge is 0.356 e. The summed E-state index contributed by atoms with van der Waals surface area (Å²) in [6.07, 6.45) is 7.71. The maximum absolute atomic E-state index is 13.9. The lowest BCUT2D eigenvalue weighted by molar-refractivity contribution is -0.134. The van der Waals surface area contributed by atoms with E-state index in [4.69, 9.17) is 0 Å². The molecule has 32 heavy (non-hydrogen) atoms. The van der Waals surface area contributed by atoms with Crippen molar-refractivity contribution in [1.82, 2.24) is 20.4 Å². The fourth-order valence-electron chi connectivity index (χ4n) is 5.35. The van der Waals surface area contributed by atoms with E-state index in [9.17, 15) is 9.18 Å². The Labute approximate surface area is 191 Å². The summed E-state index contributed by atoms with van der Waals surface area (Å²) in [5.74, 6) is 1.93. The van der Waals surface area contributed by atoms with Crippen LogP contribution in [-0.2, 0) is 11.3 Å². The highest BCUT2D eigenvalue weighted by Gasteiger charge is 2.32. The molecular weight excluding hydrogens is 405 g/mol. The van der Waals surface area contributed by atoms with Crippen molar-refractivity contribution in [3.63, 3.8) is 0 Å². The third-order valence-electron chi connectivity index (χ3n) is 7.39. The molecule has 2 heterocycles. The van der Waals surface area contributed by atoms with Crippen molar-refractivity contribution in [1.29, 1.82) is 0 Å². The molecule has 0 aromatic heterocycles. The van der Waals surface area contributed by atoms with Crippen LogP contribution >= 0.6 is 0 Å². The van der Waals surface area contributed by atoms with Gasteiger partial charge in [-0.25, -0.2) is 4.39 Å². The van der Waals surface area contributed by atoms with Crippen molar-refractivity contribution >= 4 is 11.9 Å². The first-order valence-electron chi connectivity index (χ1n) is 12.3. The predicted molar refractivity (Wildman–Crippen MR) is 126 cm³/mol. The topological polar surface area (TPSA) is 60.0 Å². The Balaban J connectivity index is 1.15. The summed E-state index contributed by atoms with van der Waals surface area (Å²) in [7, 11) is 1.81. The molecule has 0 radical (unpaired) electrons. The lowest BCUT2D eigenvalue weighted by atomic mass is 9.96. The number of aliphatic imine (C=N–C) groups is 1. The van der Waals surface area contributed by atoms with Gasteiger partial charge in [0.2, 0.25) is 5.91 Å². The number of amides is 1. The van der Waals surface area contributed by atoms with E-state index in [-0.39, 0.29) is 17.8 Å². The Morgan fingerprint density at radius 3 is 2.56 bits per heavy atom. The van der Waals surface area contributed by atoms with Crippen LogP contribution in [0, 0.1) is 17.7 Å². The molecule has 0 spiro atoms. The molecule has 4 rings (SSSR count). The van der Waals surface area contributed by atoms with Gasteiger partial charge >= 0.3 is 0 Å². The molecule has 1 aromatic carbocycles. The average molecular weight is 444 g/mol. The summed E-state index contributed by atoms with van der Waals surface area (Å²) >= 11 is 0. The van der Waals surface area contributed by atoms with Gasteiger partial charge in [-0.15, -0.1) is 0 Å². The van der Waals surface area contributed by atoms with Crippen molar-refractivity contribution in [2.75, 3.05) is 39.8 Å². The number of benzene rings is 1. The summed E-state index contributed by atoms with van der Waals surface area (Å²) in [6, 6.07) is 7.34. The van der Waals surface area contributed by atoms with Crippen LogP contribution in [0.5, 0.6) is 0 Å². The lowest BCUT2D eigenvalue weighted by Crippen LogP contribution is -2.47. The van der Waals surface area contributed by atoms with Gasteiger partial charge in [-0.05, 0) is 57.2 Å². The minimum absolute atomic E-state index is 0.110. The van der Waals surface area contributed by atoms with Crippen molar-refractivity contribution in [2.24, 2.45) is 16.8 Å².